The Labute approximate surface area is 205 Å². The lowest BCUT2D eigenvalue weighted by Crippen LogP contribution is -2.14. The second-order valence-electron chi connectivity index (χ2n) is 8.16. The zero-order chi connectivity index (χ0) is 24.7. The van der Waals surface area contributed by atoms with E-state index in [1.54, 1.807) is 60.7 Å². The van der Waals surface area contributed by atoms with Crippen molar-refractivity contribution in [3.63, 3.8) is 0 Å². The maximum Gasteiger partial charge on any atom is 0.273 e. The molecule has 0 unspecified atom stereocenters. The van der Waals surface area contributed by atoms with Crippen molar-refractivity contribution in [1.82, 2.24) is 10.2 Å². The molecular formula is C27H20ClN3O4. The van der Waals surface area contributed by atoms with Crippen molar-refractivity contribution in [2.75, 3.05) is 5.32 Å². The molecule has 174 valence electrons. The Balaban J connectivity index is 1.50. The van der Waals surface area contributed by atoms with Crippen LogP contribution >= 0.6 is 11.6 Å². The molecule has 7 nitrogen and oxygen atoms in total. The number of halogens is 1. The molecule has 0 aliphatic carbocycles. The first-order chi connectivity index (χ1) is 16.8. The zero-order valence-electron chi connectivity index (χ0n) is 18.8. The third-order valence-electron chi connectivity index (χ3n) is 5.95. The fourth-order valence-corrected chi connectivity index (χ4v) is 3.95. The number of fused-ring (bicyclic) bond motifs is 1. The number of carbonyl (C=O) groups excluding carboxylic acids is 2. The summed E-state index contributed by atoms with van der Waals surface area (Å²) in [7, 11) is 0. The van der Waals surface area contributed by atoms with Crippen LogP contribution in [0.2, 0.25) is 5.02 Å². The summed E-state index contributed by atoms with van der Waals surface area (Å²) in [4.78, 5) is 26.4. The van der Waals surface area contributed by atoms with Crippen LogP contribution in [0.5, 0.6) is 5.75 Å². The summed E-state index contributed by atoms with van der Waals surface area (Å²) in [6.07, 6.45) is 0. The minimum Gasteiger partial charge on any atom is -0.507 e. The van der Waals surface area contributed by atoms with Crippen molar-refractivity contribution < 1.29 is 19.1 Å². The molecule has 0 spiro atoms. The van der Waals surface area contributed by atoms with E-state index >= 15 is 0 Å². The molecule has 3 N–H and O–H groups in total. The number of aromatic hydroxyl groups is 1. The molecule has 5 rings (SSSR count). The van der Waals surface area contributed by atoms with Crippen molar-refractivity contribution in [3.05, 3.63) is 99.9 Å². The highest BCUT2D eigenvalue weighted by atomic mass is 35.5. The number of hydrogen-bond donors (Lipinski definition) is 3. The van der Waals surface area contributed by atoms with E-state index in [4.69, 9.17) is 16.0 Å². The molecule has 0 radical (unpaired) electrons. The molecule has 35 heavy (non-hydrogen) atoms. The molecule has 0 saturated heterocycles. The number of furan rings is 1. The number of nitrogens with zero attached hydrogens (tertiary/aromatic N) is 1. The van der Waals surface area contributed by atoms with Crippen molar-refractivity contribution >= 4 is 39.9 Å². The highest BCUT2D eigenvalue weighted by Gasteiger charge is 2.24. The first kappa shape index (κ1) is 22.4. The van der Waals surface area contributed by atoms with Crippen LogP contribution in [0.1, 0.15) is 37.7 Å². The van der Waals surface area contributed by atoms with Gasteiger partial charge in [-0.25, -0.2) is 0 Å². The van der Waals surface area contributed by atoms with Crippen LogP contribution in [0.4, 0.5) is 5.69 Å². The fraction of sp³-hybridized carbons (Fsp3) is 0.0741. The van der Waals surface area contributed by atoms with Gasteiger partial charge in [0.1, 0.15) is 17.0 Å². The molecule has 3 aromatic carbocycles. The Morgan fingerprint density at radius 2 is 1.77 bits per heavy atom. The molecule has 0 atom stereocenters. The van der Waals surface area contributed by atoms with E-state index in [0.717, 1.165) is 11.1 Å². The second kappa shape index (κ2) is 8.77. The topological polar surface area (TPSA) is 108 Å². The SMILES string of the molecule is Cc1ccc(-c2cc(C(=O)Nc3c(C(=O)c4ccc(Cl)cc4)oc4ccccc34)[nH]n2)c(O)c1C. The molecule has 0 bridgehead atoms. The third kappa shape index (κ3) is 4.06. The van der Waals surface area contributed by atoms with Crippen LogP contribution in [0.15, 0.2) is 71.1 Å². The van der Waals surface area contributed by atoms with Crippen LogP contribution < -0.4 is 5.32 Å². The van der Waals surface area contributed by atoms with Crippen molar-refractivity contribution in [2.24, 2.45) is 0 Å². The molecule has 1 amide bonds. The molecule has 0 saturated carbocycles. The van der Waals surface area contributed by atoms with Crippen molar-refractivity contribution in [3.8, 4) is 17.0 Å². The van der Waals surface area contributed by atoms with Gasteiger partial charge in [-0.2, -0.15) is 5.10 Å². The maximum absolute atomic E-state index is 13.2. The molecule has 0 aliphatic rings. The average molecular weight is 486 g/mol. The number of carbonyl (C=O) groups is 2. The minimum absolute atomic E-state index is 0.00779. The lowest BCUT2D eigenvalue weighted by atomic mass is 10.0. The number of H-pyrrole nitrogens is 1. The van der Waals surface area contributed by atoms with Gasteiger partial charge in [0.25, 0.3) is 5.91 Å². The molecule has 0 aliphatic heterocycles. The number of para-hydroxylation sites is 1. The first-order valence-corrected chi connectivity index (χ1v) is 11.2. The summed E-state index contributed by atoms with van der Waals surface area (Å²) in [6, 6.07) is 18.7. The number of ketones is 1. The van der Waals surface area contributed by atoms with E-state index in [9.17, 15) is 14.7 Å². The summed E-state index contributed by atoms with van der Waals surface area (Å²) in [5.41, 5.74) is 3.88. The van der Waals surface area contributed by atoms with Gasteiger partial charge in [-0.15, -0.1) is 0 Å². The van der Waals surface area contributed by atoms with E-state index < -0.39 is 11.7 Å². The lowest BCUT2D eigenvalue weighted by molar-refractivity contribution is 0.101. The molecule has 0 fully saturated rings. The second-order valence-corrected chi connectivity index (χ2v) is 8.60. The number of aromatic amines is 1. The largest absolute Gasteiger partial charge is 0.507 e. The number of amides is 1. The summed E-state index contributed by atoms with van der Waals surface area (Å²) in [5, 5.41) is 21.3. The van der Waals surface area contributed by atoms with E-state index in [-0.39, 0.29) is 22.9 Å². The van der Waals surface area contributed by atoms with Crippen LogP contribution in [0.3, 0.4) is 0 Å². The van der Waals surface area contributed by atoms with Crippen molar-refractivity contribution in [1.29, 1.82) is 0 Å². The van der Waals surface area contributed by atoms with Crippen LogP contribution in [0.25, 0.3) is 22.2 Å². The Bertz CT molecular complexity index is 1600. The van der Waals surface area contributed by atoms with Gasteiger partial charge in [0.05, 0.1) is 11.4 Å². The Kier molecular flexibility index (Phi) is 5.62. The number of aromatic nitrogens is 2. The van der Waals surface area contributed by atoms with Crippen LogP contribution in [-0.4, -0.2) is 27.0 Å². The summed E-state index contributed by atoms with van der Waals surface area (Å²) >= 11 is 5.95. The zero-order valence-corrected chi connectivity index (χ0v) is 19.6. The molecule has 8 heteroatoms. The fourth-order valence-electron chi connectivity index (χ4n) is 3.83. The number of nitrogens with one attached hydrogen (secondary N) is 2. The maximum atomic E-state index is 13.2. The highest BCUT2D eigenvalue weighted by molar-refractivity contribution is 6.30. The van der Waals surface area contributed by atoms with E-state index in [1.165, 1.54) is 0 Å². The Morgan fingerprint density at radius 1 is 1.03 bits per heavy atom. The summed E-state index contributed by atoms with van der Waals surface area (Å²) in [6.45, 7) is 3.72. The van der Waals surface area contributed by atoms with Gasteiger partial charge in [-0.3, -0.25) is 14.7 Å². The van der Waals surface area contributed by atoms with Gasteiger partial charge in [0.15, 0.2) is 5.76 Å². The van der Waals surface area contributed by atoms with Gasteiger partial charge >= 0.3 is 0 Å². The monoisotopic (exact) mass is 485 g/mol. The average Bonchev–Trinajstić information content (AvgIpc) is 3.48. The number of phenols is 1. The molecule has 5 aromatic rings. The first-order valence-electron chi connectivity index (χ1n) is 10.8. The predicted molar refractivity (Wildman–Crippen MR) is 134 cm³/mol. The third-order valence-corrected chi connectivity index (χ3v) is 6.20. The number of aryl methyl sites for hydroxylation is 1. The molecule has 2 heterocycles. The minimum atomic E-state index is -0.510. The van der Waals surface area contributed by atoms with Crippen LogP contribution in [-0.2, 0) is 0 Å². The van der Waals surface area contributed by atoms with E-state index in [0.29, 0.717) is 32.8 Å². The number of hydrogen-bond acceptors (Lipinski definition) is 5. The van der Waals surface area contributed by atoms with E-state index in [2.05, 4.69) is 15.5 Å². The summed E-state index contributed by atoms with van der Waals surface area (Å²) in [5.74, 6) is -0.782. The van der Waals surface area contributed by atoms with Gasteiger partial charge in [0, 0.05) is 21.5 Å². The smallest absolute Gasteiger partial charge is 0.273 e. The predicted octanol–water partition coefficient (Wildman–Crippen LogP) is 6.28. The number of rotatable bonds is 5. The van der Waals surface area contributed by atoms with Gasteiger partial charge < -0.3 is 14.8 Å². The Morgan fingerprint density at radius 3 is 2.54 bits per heavy atom. The standard InChI is InChI=1S/C27H20ClN3O4/c1-14-7-12-18(24(32)15(14)2)20-13-21(31-30-20)27(34)29-23-19-5-3-4-6-22(19)35-26(23)25(33)16-8-10-17(28)11-9-16/h3-13,32H,1-2H3,(H,29,34)(H,30,31). The number of anilines is 1. The number of benzene rings is 3. The lowest BCUT2D eigenvalue weighted by Gasteiger charge is -2.07. The quantitative estimate of drug-likeness (QED) is 0.254. The molecular weight excluding hydrogens is 466 g/mol. The summed E-state index contributed by atoms with van der Waals surface area (Å²) < 4.78 is 5.84. The molecule has 2 aromatic heterocycles. The van der Waals surface area contributed by atoms with E-state index in [1.807, 2.05) is 19.9 Å². The highest BCUT2D eigenvalue weighted by Crippen LogP contribution is 2.35. The van der Waals surface area contributed by atoms with Crippen molar-refractivity contribution in [2.45, 2.75) is 13.8 Å². The normalized spacial score (nSPS) is 11.1. The van der Waals surface area contributed by atoms with Crippen LogP contribution in [0, 0.1) is 13.8 Å². The van der Waals surface area contributed by atoms with Gasteiger partial charge in [0.2, 0.25) is 5.78 Å². The Hall–Kier alpha value is -4.36. The van der Waals surface area contributed by atoms with Gasteiger partial charge in [-0.1, -0.05) is 29.8 Å². The number of phenolic OH excluding ortho intramolecular Hbond substituents is 1. The van der Waals surface area contributed by atoms with Gasteiger partial charge in [-0.05, 0) is 73.5 Å².